The number of nitrogens with one attached hydrogen (secondary N) is 2. The van der Waals surface area contributed by atoms with E-state index in [1.807, 2.05) is 41.3 Å². The molecule has 4 aliphatic heterocycles. The highest BCUT2D eigenvalue weighted by Crippen LogP contribution is 2.41. The predicted molar refractivity (Wildman–Crippen MR) is 217 cm³/mol. The number of imide groups is 1. The molecule has 4 aromatic rings. The minimum Gasteiger partial charge on any atom is -0.378 e. The molecule has 8 rings (SSSR count). The molecule has 4 aliphatic rings. The maximum atomic E-state index is 12.7. The largest absolute Gasteiger partial charge is 0.378 e. The van der Waals surface area contributed by atoms with Crippen LogP contribution in [0, 0.1) is 0 Å². The first-order valence-electron chi connectivity index (χ1n) is 19.4. The normalized spacial score (nSPS) is 21.3. The minimum absolute atomic E-state index is 0.0589. The molecule has 13 heteroatoms. The number of carbonyl (C=O) groups excluding carboxylic acids is 3. The molecule has 2 unspecified atom stereocenters. The fourth-order valence-corrected chi connectivity index (χ4v) is 8.77. The van der Waals surface area contributed by atoms with Crippen molar-refractivity contribution in [2.45, 2.75) is 64.2 Å². The summed E-state index contributed by atoms with van der Waals surface area (Å²) in [7, 11) is 0. The van der Waals surface area contributed by atoms with Crippen molar-refractivity contribution >= 4 is 52.3 Å². The molecular formula is C42H48ClN9O3. The monoisotopic (exact) mass is 761 g/mol. The molecule has 1 aromatic heterocycles. The zero-order chi connectivity index (χ0) is 38.1. The summed E-state index contributed by atoms with van der Waals surface area (Å²) in [4.78, 5) is 47.3. The molecule has 3 fully saturated rings. The average Bonchev–Trinajstić information content (AvgIpc) is 3.19. The summed E-state index contributed by atoms with van der Waals surface area (Å²) in [6.45, 7) is 10.9. The van der Waals surface area contributed by atoms with Gasteiger partial charge in [0.2, 0.25) is 11.8 Å². The molecule has 0 spiro atoms. The van der Waals surface area contributed by atoms with Gasteiger partial charge in [-0.3, -0.25) is 29.6 Å². The number of hydrogen-bond donors (Lipinski definition) is 2. The lowest BCUT2D eigenvalue weighted by atomic mass is 9.89. The number of urea groups is 1. The Hall–Kier alpha value is -5.04. The van der Waals surface area contributed by atoms with Crippen molar-refractivity contribution in [3.63, 3.8) is 0 Å². The molecule has 4 amide bonds. The number of carbonyl (C=O) groups is 3. The standard InChI is InChI=1S/C42H48ClN9O3/c1-28-25-38(44-33-8-6-32(43)7-9-33)37-26-31(5-13-39(37)52(28)29(2)53)30-3-11-35(12-4-30)49-18-15-36(16-19-49)50-23-21-48(22-24-50)27-34-10-14-40(47-46-34)51-20-17-41(54)45-42(51)55/h3-14,26,28,36,38,44H,15-25,27H2,1-2H3,(H,45,54,55). The molecule has 2 atom stereocenters. The van der Waals surface area contributed by atoms with Crippen LogP contribution in [-0.2, 0) is 16.1 Å². The zero-order valence-electron chi connectivity index (χ0n) is 31.5. The van der Waals surface area contributed by atoms with Crippen molar-refractivity contribution < 1.29 is 14.4 Å². The van der Waals surface area contributed by atoms with E-state index in [0.29, 0.717) is 23.4 Å². The van der Waals surface area contributed by atoms with E-state index in [2.05, 4.69) is 84.9 Å². The van der Waals surface area contributed by atoms with Crippen molar-refractivity contribution in [3.05, 3.63) is 95.1 Å². The zero-order valence-corrected chi connectivity index (χ0v) is 32.2. The predicted octanol–water partition coefficient (Wildman–Crippen LogP) is 6.33. The number of fused-ring (bicyclic) bond motifs is 1. The summed E-state index contributed by atoms with van der Waals surface area (Å²) >= 11 is 6.15. The van der Waals surface area contributed by atoms with Gasteiger partial charge in [0.15, 0.2) is 5.82 Å². The number of benzene rings is 3. The van der Waals surface area contributed by atoms with Gasteiger partial charge in [0, 0.05) is 99.9 Å². The number of halogens is 1. The number of nitrogens with zero attached hydrogens (tertiary/aromatic N) is 7. The Morgan fingerprint density at radius 1 is 0.855 bits per heavy atom. The number of aromatic nitrogens is 2. The fourth-order valence-electron chi connectivity index (χ4n) is 8.64. The summed E-state index contributed by atoms with van der Waals surface area (Å²) in [6.07, 6.45) is 3.35. The van der Waals surface area contributed by atoms with E-state index < -0.39 is 6.03 Å². The second kappa shape index (κ2) is 16.0. The molecule has 55 heavy (non-hydrogen) atoms. The number of anilines is 4. The first-order chi connectivity index (χ1) is 26.7. The van der Waals surface area contributed by atoms with Gasteiger partial charge in [0.1, 0.15) is 0 Å². The van der Waals surface area contributed by atoms with Gasteiger partial charge in [-0.15, -0.1) is 5.10 Å². The maximum absolute atomic E-state index is 12.7. The third-order valence-corrected chi connectivity index (χ3v) is 11.8. The first kappa shape index (κ1) is 36.9. The van der Waals surface area contributed by atoms with Gasteiger partial charge in [-0.1, -0.05) is 29.8 Å². The second-order valence-electron chi connectivity index (χ2n) is 15.2. The van der Waals surface area contributed by atoms with E-state index in [-0.39, 0.29) is 30.3 Å². The average molecular weight is 762 g/mol. The summed E-state index contributed by atoms with van der Waals surface area (Å²) < 4.78 is 0. The topological polar surface area (TPSA) is 117 Å². The van der Waals surface area contributed by atoms with Gasteiger partial charge in [0.25, 0.3) is 0 Å². The van der Waals surface area contributed by atoms with Gasteiger partial charge in [0.05, 0.1) is 11.7 Å². The highest BCUT2D eigenvalue weighted by Gasteiger charge is 2.33. The van der Waals surface area contributed by atoms with Crippen molar-refractivity contribution in [1.29, 1.82) is 0 Å². The number of piperazine rings is 1. The molecule has 12 nitrogen and oxygen atoms in total. The van der Waals surface area contributed by atoms with Crippen molar-refractivity contribution in [2.24, 2.45) is 0 Å². The lowest BCUT2D eigenvalue weighted by Crippen LogP contribution is -2.53. The van der Waals surface area contributed by atoms with Crippen LogP contribution in [-0.4, -0.2) is 95.7 Å². The maximum Gasteiger partial charge on any atom is 0.329 e. The molecule has 5 heterocycles. The van der Waals surface area contributed by atoms with Crippen molar-refractivity contribution in [3.8, 4) is 11.1 Å². The summed E-state index contributed by atoms with van der Waals surface area (Å²) in [5, 5.41) is 15.4. The van der Waals surface area contributed by atoms with E-state index in [9.17, 15) is 14.4 Å². The minimum atomic E-state index is -0.447. The fraction of sp³-hybridized carbons (Fsp3) is 0.405. The third-order valence-electron chi connectivity index (χ3n) is 11.6. The van der Waals surface area contributed by atoms with Gasteiger partial charge < -0.3 is 15.1 Å². The van der Waals surface area contributed by atoms with Crippen LogP contribution in [0.25, 0.3) is 11.1 Å². The second-order valence-corrected chi connectivity index (χ2v) is 15.6. The lowest BCUT2D eigenvalue weighted by Gasteiger charge is -2.43. The quantitative estimate of drug-likeness (QED) is 0.213. The number of piperidine rings is 1. The molecule has 0 bridgehead atoms. The summed E-state index contributed by atoms with van der Waals surface area (Å²) in [5.41, 5.74) is 7.52. The van der Waals surface area contributed by atoms with Crippen molar-refractivity contribution in [2.75, 3.05) is 65.8 Å². The Labute approximate surface area is 327 Å². The highest BCUT2D eigenvalue weighted by atomic mass is 35.5. The molecule has 2 N–H and O–H groups in total. The van der Waals surface area contributed by atoms with E-state index >= 15 is 0 Å². The molecular weight excluding hydrogens is 714 g/mol. The third kappa shape index (κ3) is 8.17. The van der Waals surface area contributed by atoms with Crippen LogP contribution in [0.15, 0.2) is 78.9 Å². The molecule has 286 valence electrons. The summed E-state index contributed by atoms with van der Waals surface area (Å²) in [6, 6.07) is 27.2. The smallest absolute Gasteiger partial charge is 0.329 e. The van der Waals surface area contributed by atoms with Crippen LogP contribution in [0.2, 0.25) is 5.02 Å². The molecule has 0 aliphatic carbocycles. The molecule has 0 saturated carbocycles. The van der Waals surface area contributed by atoms with Gasteiger partial charge >= 0.3 is 6.03 Å². The van der Waals surface area contributed by atoms with Crippen molar-refractivity contribution in [1.82, 2.24) is 25.3 Å². The van der Waals surface area contributed by atoms with Crippen LogP contribution in [0.4, 0.5) is 27.7 Å². The Bertz CT molecular complexity index is 2010. The number of hydrogen-bond acceptors (Lipinski definition) is 9. The van der Waals surface area contributed by atoms with E-state index in [0.717, 1.165) is 98.8 Å². The molecule has 0 radical (unpaired) electrons. The van der Waals surface area contributed by atoms with E-state index in [1.165, 1.54) is 10.6 Å². The number of rotatable bonds is 8. The molecule has 3 saturated heterocycles. The first-order valence-corrected chi connectivity index (χ1v) is 19.8. The van der Waals surface area contributed by atoms with Crippen LogP contribution in [0.1, 0.15) is 56.8 Å². The lowest BCUT2D eigenvalue weighted by molar-refractivity contribution is -0.120. The van der Waals surface area contributed by atoms with Crippen LogP contribution < -0.4 is 25.3 Å². The van der Waals surface area contributed by atoms with Crippen LogP contribution in [0.3, 0.4) is 0 Å². The van der Waals surface area contributed by atoms with Gasteiger partial charge in [-0.25, -0.2) is 4.79 Å². The Balaban J connectivity index is 0.846. The molecule has 3 aromatic carbocycles. The van der Waals surface area contributed by atoms with Gasteiger partial charge in [-0.2, -0.15) is 5.10 Å². The SMILES string of the molecule is CC(=O)N1c2ccc(-c3ccc(N4CCC(N5CCN(Cc6ccc(N7CCC(=O)NC7=O)nn6)CC5)CC4)cc3)cc2C(Nc2ccc(Cl)cc2)CC1C. The van der Waals surface area contributed by atoms with E-state index in [1.54, 1.807) is 6.92 Å². The number of amides is 4. The highest BCUT2D eigenvalue weighted by molar-refractivity contribution is 6.30. The Morgan fingerprint density at radius 2 is 1.58 bits per heavy atom. The van der Waals surface area contributed by atoms with Gasteiger partial charge in [-0.05, 0) is 104 Å². The summed E-state index contributed by atoms with van der Waals surface area (Å²) in [5.74, 6) is 0.261. The Morgan fingerprint density at radius 3 is 2.25 bits per heavy atom. The van der Waals surface area contributed by atoms with Crippen LogP contribution >= 0.6 is 11.6 Å². The Kier molecular flexibility index (Phi) is 10.7. The van der Waals surface area contributed by atoms with E-state index in [4.69, 9.17) is 11.6 Å². The van der Waals surface area contributed by atoms with Crippen LogP contribution in [0.5, 0.6) is 0 Å².